The summed E-state index contributed by atoms with van der Waals surface area (Å²) in [6.07, 6.45) is 7.77. The Morgan fingerprint density at radius 2 is 2.10 bits per heavy atom. The van der Waals surface area contributed by atoms with Crippen molar-refractivity contribution in [3.05, 3.63) is 29.6 Å². The van der Waals surface area contributed by atoms with E-state index in [-0.39, 0.29) is 0 Å². The average molecular weight is 284 g/mol. The molecule has 1 aromatic heterocycles. The Balaban J connectivity index is 1.67. The molecule has 110 valence electrons. The maximum atomic E-state index is 11.1. The van der Waals surface area contributed by atoms with Gasteiger partial charge in [0.1, 0.15) is 5.82 Å². The first-order valence-corrected chi connectivity index (χ1v) is 7.96. The molecule has 2 aliphatic carbocycles. The highest BCUT2D eigenvalue weighted by Crippen LogP contribution is 2.41. The first kappa shape index (κ1) is 12.9. The van der Waals surface area contributed by atoms with Gasteiger partial charge in [0.25, 0.3) is 0 Å². The molecule has 4 nitrogen and oxygen atoms in total. The van der Waals surface area contributed by atoms with Gasteiger partial charge in [0.2, 0.25) is 0 Å². The molecule has 0 amide bonds. The molecule has 0 atom stereocenters. The number of carboxylic acid groups (broad SMARTS) is 1. The number of benzene rings is 1. The largest absolute Gasteiger partial charge is 0.478 e. The Morgan fingerprint density at radius 1 is 1.29 bits per heavy atom. The van der Waals surface area contributed by atoms with Crippen LogP contribution >= 0.6 is 0 Å². The van der Waals surface area contributed by atoms with Gasteiger partial charge in [-0.25, -0.2) is 9.78 Å². The van der Waals surface area contributed by atoms with E-state index in [2.05, 4.69) is 4.57 Å². The van der Waals surface area contributed by atoms with E-state index in [1.54, 1.807) is 12.1 Å². The number of aryl methyl sites for hydroxylation is 1. The van der Waals surface area contributed by atoms with Gasteiger partial charge in [0.15, 0.2) is 0 Å². The van der Waals surface area contributed by atoms with Crippen molar-refractivity contribution in [1.82, 2.24) is 9.55 Å². The van der Waals surface area contributed by atoms with Crippen LogP contribution in [0.5, 0.6) is 0 Å². The van der Waals surface area contributed by atoms with Crippen molar-refractivity contribution in [2.75, 3.05) is 0 Å². The molecule has 1 aromatic carbocycles. The molecule has 0 radical (unpaired) electrons. The molecule has 4 rings (SSSR count). The van der Waals surface area contributed by atoms with E-state index in [0.29, 0.717) is 11.5 Å². The van der Waals surface area contributed by atoms with Crippen molar-refractivity contribution >= 4 is 17.0 Å². The number of nitrogens with zero attached hydrogens (tertiary/aromatic N) is 2. The number of carbonyl (C=O) groups is 1. The van der Waals surface area contributed by atoms with Crippen LogP contribution in [0.4, 0.5) is 0 Å². The Bertz CT molecular complexity index is 696. The number of hydrogen-bond donors (Lipinski definition) is 1. The summed E-state index contributed by atoms with van der Waals surface area (Å²) in [4.78, 5) is 15.8. The van der Waals surface area contributed by atoms with Crippen LogP contribution in [0.1, 0.15) is 60.6 Å². The van der Waals surface area contributed by atoms with E-state index >= 15 is 0 Å². The molecule has 0 saturated heterocycles. The van der Waals surface area contributed by atoms with Crippen LogP contribution in [0.25, 0.3) is 11.0 Å². The number of imidazole rings is 1. The van der Waals surface area contributed by atoms with E-state index in [1.165, 1.54) is 44.3 Å². The van der Waals surface area contributed by atoms with Crippen molar-refractivity contribution in [2.45, 2.75) is 51.0 Å². The average Bonchev–Trinajstić information content (AvgIpc) is 3.37. The minimum Gasteiger partial charge on any atom is -0.478 e. The zero-order valence-electron chi connectivity index (χ0n) is 12.1. The monoisotopic (exact) mass is 284 g/mol. The lowest BCUT2D eigenvalue weighted by Gasteiger charge is -2.08. The second-order valence-electron chi connectivity index (χ2n) is 6.49. The van der Waals surface area contributed by atoms with Crippen LogP contribution in [0.15, 0.2) is 18.2 Å². The first-order chi connectivity index (χ1) is 10.2. The molecular weight excluding hydrogens is 264 g/mol. The zero-order chi connectivity index (χ0) is 14.4. The summed E-state index contributed by atoms with van der Waals surface area (Å²) in [5.41, 5.74) is 2.26. The van der Waals surface area contributed by atoms with E-state index in [9.17, 15) is 4.79 Å². The summed E-state index contributed by atoms with van der Waals surface area (Å²) in [6, 6.07) is 5.33. The van der Waals surface area contributed by atoms with Gasteiger partial charge < -0.3 is 9.67 Å². The number of aromatic nitrogens is 2. The Morgan fingerprint density at radius 3 is 2.76 bits per heavy atom. The van der Waals surface area contributed by atoms with Gasteiger partial charge in [0.05, 0.1) is 16.6 Å². The second kappa shape index (κ2) is 4.86. The van der Waals surface area contributed by atoms with Gasteiger partial charge in [-0.3, -0.25) is 0 Å². The molecule has 21 heavy (non-hydrogen) atoms. The molecule has 0 spiro atoms. The summed E-state index contributed by atoms with van der Waals surface area (Å²) in [7, 11) is 0. The number of fused-ring (bicyclic) bond motifs is 1. The van der Waals surface area contributed by atoms with Crippen molar-refractivity contribution in [3.8, 4) is 0 Å². The van der Waals surface area contributed by atoms with Crippen molar-refractivity contribution < 1.29 is 9.90 Å². The lowest BCUT2D eigenvalue weighted by atomic mass is 10.2. The van der Waals surface area contributed by atoms with Crippen LogP contribution in [-0.4, -0.2) is 20.6 Å². The maximum absolute atomic E-state index is 11.1. The van der Waals surface area contributed by atoms with E-state index < -0.39 is 5.97 Å². The predicted octanol–water partition coefficient (Wildman–Crippen LogP) is 3.80. The summed E-state index contributed by atoms with van der Waals surface area (Å²) < 4.78 is 2.33. The Kier molecular flexibility index (Phi) is 2.98. The number of carboxylic acids is 1. The SMILES string of the molecule is O=C(O)c1ccc2c(c1)nc(C1CC1)n2CCCC1CC1. The number of hydrogen-bond acceptors (Lipinski definition) is 2. The van der Waals surface area contributed by atoms with Crippen molar-refractivity contribution in [3.63, 3.8) is 0 Å². The zero-order valence-corrected chi connectivity index (χ0v) is 12.1. The fourth-order valence-corrected chi connectivity index (χ4v) is 3.11. The Labute approximate surface area is 123 Å². The lowest BCUT2D eigenvalue weighted by molar-refractivity contribution is 0.0697. The topological polar surface area (TPSA) is 55.1 Å². The maximum Gasteiger partial charge on any atom is 0.335 e. The van der Waals surface area contributed by atoms with Crippen LogP contribution in [0.2, 0.25) is 0 Å². The quantitative estimate of drug-likeness (QED) is 0.877. The van der Waals surface area contributed by atoms with Crippen LogP contribution in [0, 0.1) is 5.92 Å². The summed E-state index contributed by atoms with van der Waals surface area (Å²) >= 11 is 0. The number of aromatic carboxylic acids is 1. The molecular formula is C17H20N2O2. The van der Waals surface area contributed by atoms with Crippen molar-refractivity contribution in [1.29, 1.82) is 0 Å². The minimum absolute atomic E-state index is 0.326. The van der Waals surface area contributed by atoms with Gasteiger partial charge in [-0.2, -0.15) is 0 Å². The molecule has 1 heterocycles. The van der Waals surface area contributed by atoms with Crippen LogP contribution < -0.4 is 0 Å². The smallest absolute Gasteiger partial charge is 0.335 e. The first-order valence-electron chi connectivity index (χ1n) is 7.96. The van der Waals surface area contributed by atoms with Gasteiger partial charge in [-0.1, -0.05) is 12.8 Å². The molecule has 1 N–H and O–H groups in total. The van der Waals surface area contributed by atoms with E-state index in [1.807, 2.05) is 6.07 Å². The highest BCUT2D eigenvalue weighted by Gasteiger charge is 2.30. The Hall–Kier alpha value is -1.84. The summed E-state index contributed by atoms with van der Waals surface area (Å²) in [6.45, 7) is 1.02. The molecule has 2 aliphatic rings. The molecule has 0 bridgehead atoms. The highest BCUT2D eigenvalue weighted by molar-refractivity contribution is 5.92. The van der Waals surface area contributed by atoms with Crippen molar-refractivity contribution in [2.24, 2.45) is 5.92 Å². The van der Waals surface area contributed by atoms with Gasteiger partial charge in [-0.15, -0.1) is 0 Å². The second-order valence-corrected chi connectivity index (χ2v) is 6.49. The molecule has 0 aliphatic heterocycles. The molecule has 2 fully saturated rings. The predicted molar refractivity (Wildman–Crippen MR) is 80.6 cm³/mol. The van der Waals surface area contributed by atoms with E-state index in [0.717, 1.165) is 23.5 Å². The molecule has 2 saturated carbocycles. The number of rotatable bonds is 6. The van der Waals surface area contributed by atoms with Gasteiger partial charge in [0, 0.05) is 12.5 Å². The fourth-order valence-electron chi connectivity index (χ4n) is 3.11. The third kappa shape index (κ3) is 2.55. The van der Waals surface area contributed by atoms with Crippen LogP contribution in [-0.2, 0) is 6.54 Å². The van der Waals surface area contributed by atoms with Gasteiger partial charge >= 0.3 is 5.97 Å². The summed E-state index contributed by atoms with van der Waals surface area (Å²) in [5.74, 6) is 1.84. The van der Waals surface area contributed by atoms with Crippen LogP contribution in [0.3, 0.4) is 0 Å². The van der Waals surface area contributed by atoms with E-state index in [4.69, 9.17) is 10.1 Å². The normalized spacial score (nSPS) is 18.3. The lowest BCUT2D eigenvalue weighted by Crippen LogP contribution is -2.03. The highest BCUT2D eigenvalue weighted by atomic mass is 16.4. The molecule has 4 heteroatoms. The minimum atomic E-state index is -0.881. The third-order valence-corrected chi connectivity index (χ3v) is 4.66. The molecule has 0 unspecified atom stereocenters. The van der Waals surface area contributed by atoms with Gasteiger partial charge in [-0.05, 0) is 49.8 Å². The summed E-state index contributed by atoms with van der Waals surface area (Å²) in [5, 5.41) is 9.12. The molecule has 2 aromatic rings. The fraction of sp³-hybridized carbons (Fsp3) is 0.529. The standard InChI is InChI=1S/C17H20N2O2/c20-17(21)13-7-8-15-14(10-13)18-16(12-5-6-12)19(15)9-1-2-11-3-4-11/h7-8,10-12H,1-6,9H2,(H,20,21). The third-order valence-electron chi connectivity index (χ3n) is 4.66.